The van der Waals surface area contributed by atoms with Crippen LogP contribution >= 0.6 is 22.9 Å². The Hall–Kier alpha value is -2.42. The maximum absolute atomic E-state index is 12.7. The highest BCUT2D eigenvalue weighted by Crippen LogP contribution is 2.26. The van der Waals surface area contributed by atoms with E-state index in [4.69, 9.17) is 16.3 Å². The highest BCUT2D eigenvalue weighted by molar-refractivity contribution is 7.18. The number of fused-ring (bicyclic) bond motifs is 1. The second-order valence-electron chi connectivity index (χ2n) is 8.09. The summed E-state index contributed by atoms with van der Waals surface area (Å²) < 4.78 is 5.44. The minimum absolute atomic E-state index is 0.0891. The smallest absolute Gasteiger partial charge is 0.259 e. The van der Waals surface area contributed by atoms with Crippen LogP contribution in [-0.4, -0.2) is 59.0 Å². The number of thiophene rings is 1. The van der Waals surface area contributed by atoms with Crippen molar-refractivity contribution in [1.29, 1.82) is 0 Å². The molecule has 3 aromatic rings. The molecule has 0 unspecified atom stereocenters. The quantitative estimate of drug-likeness (QED) is 0.591. The van der Waals surface area contributed by atoms with Crippen molar-refractivity contribution in [3.05, 3.63) is 55.4 Å². The van der Waals surface area contributed by atoms with Crippen molar-refractivity contribution in [3.8, 4) is 5.75 Å². The van der Waals surface area contributed by atoms with Crippen molar-refractivity contribution in [2.75, 3.05) is 33.3 Å². The SMILES string of the molecule is COc1ccc(Cl)cc1CN1CCN(C(=O)CCc2nc3sc(C)c(C)c3c(=O)[nH]2)CC1. The first-order chi connectivity index (χ1) is 15.4. The molecule has 32 heavy (non-hydrogen) atoms. The van der Waals surface area contributed by atoms with Gasteiger partial charge in [0.15, 0.2) is 0 Å². The highest BCUT2D eigenvalue weighted by Gasteiger charge is 2.22. The summed E-state index contributed by atoms with van der Waals surface area (Å²) in [5, 5.41) is 1.35. The maximum atomic E-state index is 12.7. The molecule has 0 saturated carbocycles. The number of methoxy groups -OCH3 is 1. The molecule has 7 nitrogen and oxygen atoms in total. The molecule has 0 bridgehead atoms. The summed E-state index contributed by atoms with van der Waals surface area (Å²) in [7, 11) is 1.66. The zero-order valence-electron chi connectivity index (χ0n) is 18.5. The number of benzene rings is 1. The monoisotopic (exact) mass is 474 g/mol. The van der Waals surface area contributed by atoms with Gasteiger partial charge in [0, 0.05) is 61.0 Å². The first-order valence-corrected chi connectivity index (χ1v) is 11.9. The Labute approximate surface area is 196 Å². The number of aryl methyl sites for hydroxylation is 3. The van der Waals surface area contributed by atoms with E-state index >= 15 is 0 Å². The standard InChI is InChI=1S/C23H27ClN4O3S/c1-14-15(2)32-23-21(14)22(30)25-19(26-23)6-7-20(29)28-10-8-27(9-11-28)13-16-12-17(24)4-5-18(16)31-3/h4-5,12H,6-11,13H2,1-3H3,(H,25,26,30). The lowest BCUT2D eigenvalue weighted by Crippen LogP contribution is -2.48. The molecule has 0 atom stereocenters. The normalized spacial score (nSPS) is 14.8. The lowest BCUT2D eigenvalue weighted by molar-refractivity contribution is -0.133. The maximum Gasteiger partial charge on any atom is 0.259 e. The van der Waals surface area contributed by atoms with Crippen LogP contribution in [0, 0.1) is 13.8 Å². The van der Waals surface area contributed by atoms with Crippen molar-refractivity contribution in [2.45, 2.75) is 33.2 Å². The molecule has 1 N–H and O–H groups in total. The van der Waals surface area contributed by atoms with Crippen LogP contribution in [0.4, 0.5) is 0 Å². The first-order valence-electron chi connectivity index (χ1n) is 10.7. The molecule has 1 fully saturated rings. The van der Waals surface area contributed by atoms with Crippen LogP contribution in [0.1, 0.15) is 28.2 Å². The minimum Gasteiger partial charge on any atom is -0.496 e. The molecule has 0 aliphatic carbocycles. The molecule has 0 spiro atoms. The van der Waals surface area contributed by atoms with Crippen LogP contribution in [0.5, 0.6) is 5.75 Å². The molecule has 170 valence electrons. The summed E-state index contributed by atoms with van der Waals surface area (Å²) >= 11 is 7.66. The lowest BCUT2D eigenvalue weighted by Gasteiger charge is -2.35. The van der Waals surface area contributed by atoms with Crippen molar-refractivity contribution < 1.29 is 9.53 Å². The summed E-state index contributed by atoms with van der Waals surface area (Å²) in [5.74, 6) is 1.48. The lowest BCUT2D eigenvalue weighted by atomic mass is 10.1. The largest absolute Gasteiger partial charge is 0.496 e. The average molecular weight is 475 g/mol. The number of nitrogens with one attached hydrogen (secondary N) is 1. The van der Waals surface area contributed by atoms with E-state index in [0.29, 0.717) is 42.2 Å². The van der Waals surface area contributed by atoms with E-state index in [0.717, 1.165) is 46.2 Å². The van der Waals surface area contributed by atoms with Gasteiger partial charge in [-0.05, 0) is 37.6 Å². The van der Waals surface area contributed by atoms with Gasteiger partial charge in [-0.2, -0.15) is 0 Å². The summed E-state index contributed by atoms with van der Waals surface area (Å²) in [6.07, 6.45) is 0.764. The first kappa shape index (κ1) is 22.8. The van der Waals surface area contributed by atoms with Gasteiger partial charge in [-0.15, -0.1) is 11.3 Å². The summed E-state index contributed by atoms with van der Waals surface area (Å²) in [6, 6.07) is 5.63. The van der Waals surface area contributed by atoms with Crippen LogP contribution < -0.4 is 10.3 Å². The van der Waals surface area contributed by atoms with Crippen molar-refractivity contribution in [1.82, 2.24) is 19.8 Å². The third-order valence-corrected chi connectivity index (χ3v) is 7.36. The number of aromatic amines is 1. The minimum atomic E-state index is -0.121. The number of hydrogen-bond donors (Lipinski definition) is 1. The molecule has 3 heterocycles. The van der Waals surface area contributed by atoms with Crippen molar-refractivity contribution >= 4 is 39.1 Å². The number of H-pyrrole nitrogens is 1. The molecule has 9 heteroatoms. The van der Waals surface area contributed by atoms with Gasteiger partial charge < -0.3 is 14.6 Å². The zero-order chi connectivity index (χ0) is 22.8. The van der Waals surface area contributed by atoms with E-state index in [9.17, 15) is 9.59 Å². The Balaban J connectivity index is 1.32. The number of aromatic nitrogens is 2. The third-order valence-electron chi connectivity index (χ3n) is 6.03. The summed E-state index contributed by atoms with van der Waals surface area (Å²) in [5.41, 5.74) is 1.91. The third kappa shape index (κ3) is 4.82. The van der Waals surface area contributed by atoms with Gasteiger partial charge in [0.2, 0.25) is 5.91 Å². The van der Waals surface area contributed by atoms with Crippen LogP contribution in [0.25, 0.3) is 10.2 Å². The molecule has 1 aromatic carbocycles. The van der Waals surface area contributed by atoms with Crippen LogP contribution in [-0.2, 0) is 17.8 Å². The van der Waals surface area contributed by atoms with E-state index in [-0.39, 0.29) is 11.5 Å². The van der Waals surface area contributed by atoms with Crippen molar-refractivity contribution in [2.24, 2.45) is 0 Å². The number of ether oxygens (including phenoxy) is 1. The molecule has 1 aliphatic rings. The van der Waals surface area contributed by atoms with Gasteiger partial charge in [0.1, 0.15) is 16.4 Å². The number of hydrogen-bond acceptors (Lipinski definition) is 6. The van der Waals surface area contributed by atoms with Crippen LogP contribution in [0.15, 0.2) is 23.0 Å². The predicted molar refractivity (Wildman–Crippen MR) is 128 cm³/mol. The Morgan fingerprint density at radius 3 is 2.72 bits per heavy atom. The van der Waals surface area contributed by atoms with Gasteiger partial charge in [0.05, 0.1) is 12.5 Å². The molecule has 1 aliphatic heterocycles. The van der Waals surface area contributed by atoms with Crippen LogP contribution in [0.2, 0.25) is 5.02 Å². The molecule has 4 rings (SSSR count). The second-order valence-corrected chi connectivity index (χ2v) is 9.73. The summed E-state index contributed by atoms with van der Waals surface area (Å²) in [4.78, 5) is 38.6. The van der Waals surface area contributed by atoms with E-state index < -0.39 is 0 Å². The fourth-order valence-electron chi connectivity index (χ4n) is 4.07. The van der Waals surface area contributed by atoms with Gasteiger partial charge in [-0.1, -0.05) is 11.6 Å². The highest BCUT2D eigenvalue weighted by atomic mass is 35.5. The van der Waals surface area contributed by atoms with Gasteiger partial charge in [-0.25, -0.2) is 4.98 Å². The van der Waals surface area contributed by atoms with Crippen LogP contribution in [0.3, 0.4) is 0 Å². The summed E-state index contributed by atoms with van der Waals surface area (Å²) in [6.45, 7) is 7.59. The molecule has 1 saturated heterocycles. The number of amides is 1. The Kier molecular flexibility index (Phi) is 6.83. The number of carbonyl (C=O) groups excluding carboxylic acids is 1. The topological polar surface area (TPSA) is 78.5 Å². The van der Waals surface area contributed by atoms with E-state index in [1.54, 1.807) is 7.11 Å². The molecule has 2 aromatic heterocycles. The number of halogens is 1. The fraction of sp³-hybridized carbons (Fsp3) is 0.435. The number of rotatable bonds is 6. The number of nitrogens with zero attached hydrogens (tertiary/aromatic N) is 3. The van der Waals surface area contributed by atoms with Gasteiger partial charge in [0.25, 0.3) is 5.56 Å². The van der Waals surface area contributed by atoms with Gasteiger partial charge in [-0.3, -0.25) is 14.5 Å². The van der Waals surface area contributed by atoms with E-state index in [1.807, 2.05) is 36.9 Å². The van der Waals surface area contributed by atoms with E-state index in [2.05, 4.69) is 14.9 Å². The second kappa shape index (κ2) is 9.60. The Morgan fingerprint density at radius 1 is 1.25 bits per heavy atom. The zero-order valence-corrected chi connectivity index (χ0v) is 20.1. The fourth-order valence-corrected chi connectivity index (χ4v) is 5.31. The predicted octanol–water partition coefficient (Wildman–Crippen LogP) is 3.54. The van der Waals surface area contributed by atoms with E-state index in [1.165, 1.54) is 11.3 Å². The molecule has 0 radical (unpaired) electrons. The number of carbonyl (C=O) groups is 1. The number of piperazine rings is 1. The van der Waals surface area contributed by atoms with Gasteiger partial charge >= 0.3 is 0 Å². The molecule has 1 amide bonds. The molecular formula is C23H27ClN4O3S. The molecular weight excluding hydrogens is 448 g/mol. The Bertz CT molecular complexity index is 1200. The van der Waals surface area contributed by atoms with Crippen molar-refractivity contribution in [3.63, 3.8) is 0 Å². The Morgan fingerprint density at radius 2 is 2.00 bits per heavy atom. The average Bonchev–Trinajstić information content (AvgIpc) is 3.06.